The molecule has 0 bridgehead atoms. The standard InChI is InChI=1S/C9H7N3O2/c13-12(14)5-4-7-2-1-3-8-9(7)11-6-10-8/h1-6H,(H,10,11)/b5-4+. The summed E-state index contributed by atoms with van der Waals surface area (Å²) in [6.45, 7) is 0. The van der Waals surface area contributed by atoms with Gasteiger partial charge in [-0.05, 0) is 6.07 Å². The van der Waals surface area contributed by atoms with E-state index < -0.39 is 4.92 Å². The normalized spacial score (nSPS) is 11.1. The fourth-order valence-corrected chi connectivity index (χ4v) is 1.26. The Morgan fingerprint density at radius 3 is 3.14 bits per heavy atom. The minimum absolute atomic E-state index is 0.495. The molecule has 2 rings (SSSR count). The number of H-pyrrole nitrogens is 1. The van der Waals surface area contributed by atoms with Gasteiger partial charge in [0.15, 0.2) is 0 Å². The maximum Gasteiger partial charge on any atom is 0.235 e. The summed E-state index contributed by atoms with van der Waals surface area (Å²) in [7, 11) is 0. The molecule has 0 aliphatic heterocycles. The summed E-state index contributed by atoms with van der Waals surface area (Å²) < 4.78 is 0. The van der Waals surface area contributed by atoms with Gasteiger partial charge in [-0.1, -0.05) is 12.1 Å². The Hall–Kier alpha value is -2.17. The fourth-order valence-electron chi connectivity index (χ4n) is 1.26. The number of hydrogen-bond donors (Lipinski definition) is 1. The first-order valence-electron chi connectivity index (χ1n) is 4.01. The smallest absolute Gasteiger partial charge is 0.235 e. The van der Waals surface area contributed by atoms with Crippen LogP contribution in [0.15, 0.2) is 30.7 Å². The second-order valence-electron chi connectivity index (χ2n) is 2.75. The number of hydrogen-bond acceptors (Lipinski definition) is 3. The first-order chi connectivity index (χ1) is 6.77. The van der Waals surface area contributed by atoms with Crippen LogP contribution in [0.2, 0.25) is 0 Å². The van der Waals surface area contributed by atoms with Gasteiger partial charge < -0.3 is 4.98 Å². The minimum atomic E-state index is -0.495. The maximum absolute atomic E-state index is 10.1. The third kappa shape index (κ3) is 1.47. The number of fused-ring (bicyclic) bond motifs is 1. The molecule has 70 valence electrons. The van der Waals surface area contributed by atoms with Gasteiger partial charge in [0.05, 0.1) is 22.3 Å². The van der Waals surface area contributed by atoms with Crippen molar-refractivity contribution in [3.05, 3.63) is 46.4 Å². The van der Waals surface area contributed by atoms with E-state index in [4.69, 9.17) is 0 Å². The second kappa shape index (κ2) is 3.29. The van der Waals surface area contributed by atoms with Crippen LogP contribution in [0, 0.1) is 10.1 Å². The van der Waals surface area contributed by atoms with Crippen LogP contribution in [0.1, 0.15) is 5.56 Å². The molecule has 0 saturated heterocycles. The van der Waals surface area contributed by atoms with E-state index in [1.165, 1.54) is 6.08 Å². The Bertz CT molecular complexity index is 501. The van der Waals surface area contributed by atoms with E-state index in [0.29, 0.717) is 0 Å². The van der Waals surface area contributed by atoms with Crippen LogP contribution >= 0.6 is 0 Å². The highest BCUT2D eigenvalue weighted by molar-refractivity contribution is 5.84. The van der Waals surface area contributed by atoms with Gasteiger partial charge in [-0.25, -0.2) is 4.98 Å². The fraction of sp³-hybridized carbons (Fsp3) is 0. The molecule has 1 N–H and O–H groups in total. The average molecular weight is 189 g/mol. The Morgan fingerprint density at radius 1 is 1.50 bits per heavy atom. The molecule has 0 radical (unpaired) electrons. The molecule has 0 aliphatic rings. The predicted molar refractivity (Wildman–Crippen MR) is 52.1 cm³/mol. The number of rotatable bonds is 2. The molecule has 0 atom stereocenters. The summed E-state index contributed by atoms with van der Waals surface area (Å²) in [5.74, 6) is 0. The minimum Gasteiger partial charge on any atom is -0.345 e. The molecule has 1 aromatic carbocycles. The van der Waals surface area contributed by atoms with Crippen LogP contribution in [-0.4, -0.2) is 14.9 Å². The molecule has 0 fully saturated rings. The van der Waals surface area contributed by atoms with Gasteiger partial charge in [0, 0.05) is 11.6 Å². The van der Waals surface area contributed by atoms with Crippen molar-refractivity contribution in [1.82, 2.24) is 9.97 Å². The highest BCUT2D eigenvalue weighted by atomic mass is 16.6. The third-order valence-electron chi connectivity index (χ3n) is 1.86. The lowest BCUT2D eigenvalue weighted by Crippen LogP contribution is -1.83. The van der Waals surface area contributed by atoms with Crippen LogP contribution < -0.4 is 0 Å². The zero-order valence-electron chi connectivity index (χ0n) is 7.18. The molecule has 14 heavy (non-hydrogen) atoms. The van der Waals surface area contributed by atoms with Crippen molar-refractivity contribution in [2.45, 2.75) is 0 Å². The van der Waals surface area contributed by atoms with Crippen LogP contribution in [-0.2, 0) is 0 Å². The topological polar surface area (TPSA) is 71.8 Å². The summed E-state index contributed by atoms with van der Waals surface area (Å²) in [4.78, 5) is 16.6. The number of benzene rings is 1. The molecule has 1 aromatic heterocycles. The van der Waals surface area contributed by atoms with E-state index in [1.807, 2.05) is 12.1 Å². The van der Waals surface area contributed by atoms with E-state index in [0.717, 1.165) is 22.8 Å². The summed E-state index contributed by atoms with van der Waals surface area (Å²) >= 11 is 0. The van der Waals surface area contributed by atoms with E-state index in [9.17, 15) is 10.1 Å². The quantitative estimate of drug-likeness (QED) is 0.578. The molecule has 0 saturated carbocycles. The SMILES string of the molecule is O=[N+]([O-])/C=C/c1cccc2[nH]cnc12. The van der Waals surface area contributed by atoms with Crippen molar-refractivity contribution in [1.29, 1.82) is 0 Å². The van der Waals surface area contributed by atoms with Gasteiger partial charge in [-0.2, -0.15) is 0 Å². The number of nitrogens with one attached hydrogen (secondary N) is 1. The van der Waals surface area contributed by atoms with E-state index in [-0.39, 0.29) is 0 Å². The van der Waals surface area contributed by atoms with Crippen molar-refractivity contribution in [3.8, 4) is 0 Å². The van der Waals surface area contributed by atoms with Gasteiger partial charge in [0.2, 0.25) is 6.20 Å². The number of nitrogens with zero attached hydrogens (tertiary/aromatic N) is 2. The predicted octanol–water partition coefficient (Wildman–Crippen LogP) is 1.81. The number of aromatic nitrogens is 2. The summed E-state index contributed by atoms with van der Waals surface area (Å²) in [5, 5.41) is 10.1. The molecule has 0 amide bonds. The summed E-state index contributed by atoms with van der Waals surface area (Å²) in [5.41, 5.74) is 2.35. The lowest BCUT2D eigenvalue weighted by molar-refractivity contribution is -0.400. The van der Waals surface area contributed by atoms with Crippen molar-refractivity contribution in [2.75, 3.05) is 0 Å². The van der Waals surface area contributed by atoms with Gasteiger partial charge in [-0.3, -0.25) is 10.1 Å². The molecule has 0 aliphatic carbocycles. The largest absolute Gasteiger partial charge is 0.345 e. The molecule has 5 heteroatoms. The molecule has 2 aromatic rings. The van der Waals surface area contributed by atoms with Gasteiger partial charge in [-0.15, -0.1) is 0 Å². The number of aromatic amines is 1. The van der Waals surface area contributed by atoms with E-state index in [1.54, 1.807) is 12.4 Å². The zero-order valence-corrected chi connectivity index (χ0v) is 7.18. The molecule has 0 spiro atoms. The van der Waals surface area contributed by atoms with Crippen LogP contribution in [0.25, 0.3) is 17.1 Å². The van der Waals surface area contributed by atoms with Crippen LogP contribution in [0.3, 0.4) is 0 Å². The number of para-hydroxylation sites is 1. The zero-order chi connectivity index (χ0) is 9.97. The molecule has 5 nitrogen and oxygen atoms in total. The highest BCUT2D eigenvalue weighted by Gasteiger charge is 2.00. The molecular formula is C9H7N3O2. The molecular weight excluding hydrogens is 182 g/mol. The number of imidazole rings is 1. The maximum atomic E-state index is 10.1. The van der Waals surface area contributed by atoms with Crippen molar-refractivity contribution < 1.29 is 4.92 Å². The van der Waals surface area contributed by atoms with Crippen molar-refractivity contribution in [2.24, 2.45) is 0 Å². The van der Waals surface area contributed by atoms with E-state index >= 15 is 0 Å². The Balaban J connectivity index is 2.51. The van der Waals surface area contributed by atoms with Gasteiger partial charge in [0.1, 0.15) is 0 Å². The third-order valence-corrected chi connectivity index (χ3v) is 1.86. The van der Waals surface area contributed by atoms with Crippen molar-refractivity contribution in [3.63, 3.8) is 0 Å². The Morgan fingerprint density at radius 2 is 2.36 bits per heavy atom. The summed E-state index contributed by atoms with van der Waals surface area (Å²) in [6.07, 6.45) is 3.90. The van der Waals surface area contributed by atoms with Crippen LogP contribution in [0.5, 0.6) is 0 Å². The van der Waals surface area contributed by atoms with Gasteiger partial charge in [0.25, 0.3) is 0 Å². The van der Waals surface area contributed by atoms with E-state index in [2.05, 4.69) is 9.97 Å². The lowest BCUT2D eigenvalue weighted by Gasteiger charge is -1.92. The number of nitro groups is 1. The first kappa shape index (κ1) is 8.43. The molecule has 1 heterocycles. The Kier molecular flexibility index (Phi) is 1.98. The Labute approximate surface area is 79.2 Å². The monoisotopic (exact) mass is 189 g/mol. The van der Waals surface area contributed by atoms with Crippen molar-refractivity contribution >= 4 is 17.1 Å². The van der Waals surface area contributed by atoms with Crippen LogP contribution in [0.4, 0.5) is 0 Å². The average Bonchev–Trinajstić information content (AvgIpc) is 2.62. The molecule has 0 unspecified atom stereocenters. The second-order valence-corrected chi connectivity index (χ2v) is 2.75. The summed E-state index contributed by atoms with van der Waals surface area (Å²) in [6, 6.07) is 5.47. The van der Waals surface area contributed by atoms with Gasteiger partial charge >= 0.3 is 0 Å². The first-order valence-corrected chi connectivity index (χ1v) is 4.01. The lowest BCUT2D eigenvalue weighted by atomic mass is 10.2. The highest BCUT2D eigenvalue weighted by Crippen LogP contribution is 2.15.